The third kappa shape index (κ3) is 6.10. The van der Waals surface area contributed by atoms with E-state index in [1.165, 1.54) is 35.4 Å². The van der Waals surface area contributed by atoms with E-state index < -0.39 is 45.3 Å². The number of carbonyl (C=O) groups excluding carboxylic acids is 1. The van der Waals surface area contributed by atoms with E-state index in [1.807, 2.05) is 18.2 Å². The minimum atomic E-state index is -4.81. The first-order valence-corrected chi connectivity index (χ1v) is 13.6. The summed E-state index contributed by atoms with van der Waals surface area (Å²) in [5.74, 6) is -0.659. The van der Waals surface area contributed by atoms with Crippen molar-refractivity contribution < 1.29 is 26.4 Å². The molecule has 0 unspecified atom stereocenters. The zero-order valence-electron chi connectivity index (χ0n) is 20.1. The maximum absolute atomic E-state index is 13.5. The van der Waals surface area contributed by atoms with Gasteiger partial charge in [-0.2, -0.15) is 13.2 Å². The molecule has 0 fully saturated rings. The zero-order chi connectivity index (χ0) is 26.8. The molecular weight excluding hydrogens is 525 g/mol. The van der Waals surface area contributed by atoms with Crippen molar-refractivity contribution in [1.29, 1.82) is 0 Å². The molecule has 37 heavy (non-hydrogen) atoms. The Bertz CT molecular complexity index is 1400. The summed E-state index contributed by atoms with van der Waals surface area (Å²) in [6.45, 7) is 1.06. The number of alkyl halides is 3. The van der Waals surface area contributed by atoms with Gasteiger partial charge in [-0.1, -0.05) is 48.0 Å². The molecular formula is C27H26ClF3N2O3S. The summed E-state index contributed by atoms with van der Waals surface area (Å²) in [4.78, 5) is 12.9. The van der Waals surface area contributed by atoms with Crippen LogP contribution >= 0.6 is 11.6 Å². The Balaban J connectivity index is 1.64. The normalized spacial score (nSPS) is 14.5. The zero-order valence-corrected chi connectivity index (χ0v) is 21.6. The van der Waals surface area contributed by atoms with Gasteiger partial charge in [0.25, 0.3) is 10.0 Å². The third-order valence-electron chi connectivity index (χ3n) is 6.41. The first-order valence-electron chi connectivity index (χ1n) is 11.8. The fourth-order valence-electron chi connectivity index (χ4n) is 4.44. The van der Waals surface area contributed by atoms with Crippen LogP contribution in [0.2, 0.25) is 5.02 Å². The molecule has 196 valence electrons. The number of halogens is 4. The summed E-state index contributed by atoms with van der Waals surface area (Å²) in [6, 6.07) is 15.6. The Hall–Kier alpha value is -3.04. The van der Waals surface area contributed by atoms with Crippen molar-refractivity contribution in [2.45, 2.75) is 49.7 Å². The van der Waals surface area contributed by atoms with Crippen molar-refractivity contribution in [3.05, 3.63) is 94.0 Å². The number of fused-ring (bicyclic) bond motifs is 1. The molecule has 0 bridgehead atoms. The molecule has 0 radical (unpaired) electrons. The number of hydrogen-bond donors (Lipinski definition) is 1. The number of anilines is 1. The minimum absolute atomic E-state index is 0.158. The molecule has 3 aromatic rings. The van der Waals surface area contributed by atoms with Gasteiger partial charge in [0, 0.05) is 0 Å². The molecule has 1 aliphatic carbocycles. The highest BCUT2D eigenvalue weighted by Crippen LogP contribution is 2.38. The number of hydrogen-bond acceptors (Lipinski definition) is 3. The number of rotatable bonds is 7. The lowest BCUT2D eigenvalue weighted by Crippen LogP contribution is -2.41. The van der Waals surface area contributed by atoms with Crippen molar-refractivity contribution in [2.75, 3.05) is 10.8 Å². The van der Waals surface area contributed by atoms with Gasteiger partial charge in [0.2, 0.25) is 5.91 Å². The first kappa shape index (κ1) is 27.0. The van der Waals surface area contributed by atoms with Crippen molar-refractivity contribution in [3.63, 3.8) is 0 Å². The van der Waals surface area contributed by atoms with Crippen LogP contribution in [0.3, 0.4) is 0 Å². The van der Waals surface area contributed by atoms with Crippen LogP contribution in [0.15, 0.2) is 71.6 Å². The molecule has 0 saturated heterocycles. The minimum Gasteiger partial charge on any atom is -0.348 e. The van der Waals surface area contributed by atoms with E-state index in [0.717, 1.165) is 43.4 Å². The molecule has 1 atom stereocenters. The Labute approximate surface area is 219 Å². The summed E-state index contributed by atoms with van der Waals surface area (Å²) < 4.78 is 68.2. The second kappa shape index (κ2) is 10.8. The second-order valence-corrected chi connectivity index (χ2v) is 11.3. The monoisotopic (exact) mass is 550 g/mol. The summed E-state index contributed by atoms with van der Waals surface area (Å²) in [5, 5.41) is 2.22. The maximum Gasteiger partial charge on any atom is 0.417 e. The molecule has 0 aliphatic heterocycles. The fourth-order valence-corrected chi connectivity index (χ4v) is 6.10. The molecule has 0 saturated carbocycles. The van der Waals surface area contributed by atoms with Crippen LogP contribution in [0.1, 0.15) is 48.1 Å². The van der Waals surface area contributed by atoms with E-state index in [0.29, 0.717) is 10.4 Å². The number of nitrogens with one attached hydrogen (secondary N) is 1. The van der Waals surface area contributed by atoms with Gasteiger partial charge in [0.15, 0.2) is 0 Å². The number of nitrogens with zero attached hydrogens (tertiary/aromatic N) is 1. The van der Waals surface area contributed by atoms with Gasteiger partial charge in [-0.25, -0.2) is 8.42 Å². The van der Waals surface area contributed by atoms with Crippen LogP contribution in [0.4, 0.5) is 18.9 Å². The largest absolute Gasteiger partial charge is 0.417 e. The van der Waals surface area contributed by atoms with Gasteiger partial charge in [-0.05, 0) is 79.6 Å². The maximum atomic E-state index is 13.5. The Morgan fingerprint density at radius 1 is 1.00 bits per heavy atom. The predicted molar refractivity (Wildman–Crippen MR) is 137 cm³/mol. The van der Waals surface area contributed by atoms with E-state index in [2.05, 4.69) is 5.32 Å². The van der Waals surface area contributed by atoms with Gasteiger partial charge in [-0.3, -0.25) is 9.10 Å². The molecule has 10 heteroatoms. The van der Waals surface area contributed by atoms with Gasteiger partial charge in [0.05, 0.1) is 27.2 Å². The molecule has 5 nitrogen and oxygen atoms in total. The Morgan fingerprint density at radius 3 is 2.35 bits per heavy atom. The highest BCUT2D eigenvalue weighted by atomic mass is 35.5. The van der Waals surface area contributed by atoms with Crippen molar-refractivity contribution in [3.8, 4) is 0 Å². The van der Waals surface area contributed by atoms with E-state index in [4.69, 9.17) is 11.6 Å². The fraction of sp³-hybridized carbons (Fsp3) is 0.296. The smallest absolute Gasteiger partial charge is 0.348 e. The number of amides is 1. The first-order chi connectivity index (χ1) is 17.5. The highest BCUT2D eigenvalue weighted by Gasteiger charge is 2.35. The van der Waals surface area contributed by atoms with Gasteiger partial charge < -0.3 is 5.32 Å². The van der Waals surface area contributed by atoms with Crippen LogP contribution < -0.4 is 9.62 Å². The molecule has 0 heterocycles. The number of aryl methyl sites for hydroxylation is 2. The molecule has 1 aliphatic rings. The van der Waals surface area contributed by atoms with Gasteiger partial charge >= 0.3 is 6.18 Å². The van der Waals surface area contributed by atoms with E-state index >= 15 is 0 Å². The quantitative estimate of drug-likeness (QED) is 0.375. The lowest BCUT2D eigenvalue weighted by atomic mass is 9.89. The summed E-state index contributed by atoms with van der Waals surface area (Å²) in [5.41, 5.74) is 1.88. The molecule has 1 N–H and O–H groups in total. The van der Waals surface area contributed by atoms with E-state index in [-0.39, 0.29) is 10.6 Å². The lowest BCUT2D eigenvalue weighted by Gasteiger charge is -2.26. The van der Waals surface area contributed by atoms with Crippen LogP contribution in [0, 0.1) is 0 Å². The summed E-state index contributed by atoms with van der Waals surface area (Å²) in [6.07, 6.45) is -0.581. The van der Waals surface area contributed by atoms with E-state index in [9.17, 15) is 26.4 Å². The Morgan fingerprint density at radius 2 is 1.68 bits per heavy atom. The second-order valence-electron chi connectivity index (χ2n) is 9.01. The highest BCUT2D eigenvalue weighted by molar-refractivity contribution is 7.92. The molecule has 3 aromatic carbocycles. The number of carbonyl (C=O) groups is 1. The Kier molecular flexibility index (Phi) is 7.85. The standard InChI is InChI=1S/C27H26ClF3N2O3S/c1-18(20-12-11-19-7-5-6-8-21(19)15-20)32-26(34)17-33(37(35,36)23-9-3-2-4-10-23)22-13-14-25(28)24(16-22)27(29,30)31/h2-4,9-16,18H,5-8,17H2,1H3,(H,32,34)/t18-/m1/s1. The average Bonchev–Trinajstić information content (AvgIpc) is 2.87. The van der Waals surface area contributed by atoms with Gasteiger partial charge in [0.1, 0.15) is 6.54 Å². The predicted octanol–water partition coefficient (Wildman–Crippen LogP) is 6.31. The molecule has 0 spiro atoms. The van der Waals surface area contributed by atoms with Crippen LogP contribution in [0.25, 0.3) is 0 Å². The SMILES string of the molecule is C[C@@H](NC(=O)CN(c1ccc(Cl)c(C(F)(F)F)c1)S(=O)(=O)c1ccccc1)c1ccc2c(c1)CCCC2. The summed E-state index contributed by atoms with van der Waals surface area (Å²) >= 11 is 5.74. The van der Waals surface area contributed by atoms with Crippen LogP contribution in [-0.4, -0.2) is 20.9 Å². The average molecular weight is 551 g/mol. The van der Waals surface area contributed by atoms with E-state index in [1.54, 1.807) is 13.0 Å². The van der Waals surface area contributed by atoms with Crippen molar-refractivity contribution in [2.24, 2.45) is 0 Å². The topological polar surface area (TPSA) is 66.5 Å². The number of sulfonamides is 1. The lowest BCUT2D eigenvalue weighted by molar-refractivity contribution is -0.137. The third-order valence-corrected chi connectivity index (χ3v) is 8.53. The summed E-state index contributed by atoms with van der Waals surface area (Å²) in [7, 11) is -4.37. The van der Waals surface area contributed by atoms with Crippen molar-refractivity contribution in [1.82, 2.24) is 5.32 Å². The molecule has 1 amide bonds. The van der Waals surface area contributed by atoms with Crippen LogP contribution in [-0.2, 0) is 33.8 Å². The van der Waals surface area contributed by atoms with Crippen molar-refractivity contribution >= 4 is 33.2 Å². The molecule has 4 rings (SSSR count). The van der Waals surface area contributed by atoms with Crippen LogP contribution in [0.5, 0.6) is 0 Å². The number of benzene rings is 3. The molecule has 0 aromatic heterocycles. The van der Waals surface area contributed by atoms with Gasteiger partial charge in [-0.15, -0.1) is 0 Å².